The summed E-state index contributed by atoms with van der Waals surface area (Å²) in [5, 5.41) is 22.0. The molecule has 0 fully saturated rings. The van der Waals surface area contributed by atoms with E-state index in [2.05, 4.69) is 5.32 Å². The fourth-order valence-corrected chi connectivity index (χ4v) is 1.76. The Morgan fingerprint density at radius 1 is 1.41 bits per heavy atom. The summed E-state index contributed by atoms with van der Waals surface area (Å²) in [6.07, 6.45) is -0.656. The Kier molecular flexibility index (Phi) is 5.41. The lowest BCUT2D eigenvalue weighted by Crippen LogP contribution is -2.34. The molecule has 0 amide bonds. The Balaban J connectivity index is 2.86. The van der Waals surface area contributed by atoms with Crippen LogP contribution in [0.3, 0.4) is 0 Å². The van der Waals surface area contributed by atoms with Crippen molar-refractivity contribution in [2.24, 2.45) is 0 Å². The number of aryl methyl sites for hydroxylation is 1. The average molecular weight is 239 g/mol. The number of ether oxygens (including phenoxy) is 1. The second-order valence-corrected chi connectivity index (χ2v) is 4.16. The number of rotatable bonds is 6. The van der Waals surface area contributed by atoms with Gasteiger partial charge in [0.2, 0.25) is 0 Å². The standard InChI is InChI=1S/C13H21NO3/c1-9-4-5-12(17-3)11(8-9)13(16)10(2)14-6-7-15/h4-5,8,10,13-16H,6-7H2,1-3H3. The van der Waals surface area contributed by atoms with Crippen molar-refractivity contribution in [1.82, 2.24) is 5.32 Å². The third kappa shape index (κ3) is 3.70. The molecule has 1 rings (SSSR count). The van der Waals surface area contributed by atoms with Gasteiger partial charge in [-0.2, -0.15) is 0 Å². The van der Waals surface area contributed by atoms with E-state index >= 15 is 0 Å². The molecule has 3 N–H and O–H groups in total. The van der Waals surface area contributed by atoms with E-state index in [1.165, 1.54) is 0 Å². The number of hydrogen-bond donors (Lipinski definition) is 3. The van der Waals surface area contributed by atoms with Gasteiger partial charge in [0, 0.05) is 18.2 Å². The van der Waals surface area contributed by atoms with Gasteiger partial charge in [-0.1, -0.05) is 11.6 Å². The minimum absolute atomic E-state index is 0.0576. The monoisotopic (exact) mass is 239 g/mol. The molecule has 0 aromatic heterocycles. The van der Waals surface area contributed by atoms with Crippen molar-refractivity contribution in [1.29, 1.82) is 0 Å². The topological polar surface area (TPSA) is 61.7 Å². The molecule has 0 saturated carbocycles. The van der Waals surface area contributed by atoms with Crippen molar-refractivity contribution < 1.29 is 14.9 Å². The predicted molar refractivity (Wildman–Crippen MR) is 67.2 cm³/mol. The molecule has 2 atom stereocenters. The maximum Gasteiger partial charge on any atom is 0.124 e. The van der Waals surface area contributed by atoms with E-state index in [1.54, 1.807) is 7.11 Å². The second-order valence-electron chi connectivity index (χ2n) is 4.16. The molecule has 4 nitrogen and oxygen atoms in total. The Labute approximate surface area is 102 Å². The first-order valence-electron chi connectivity index (χ1n) is 5.77. The third-order valence-electron chi connectivity index (χ3n) is 2.76. The zero-order valence-electron chi connectivity index (χ0n) is 10.6. The third-order valence-corrected chi connectivity index (χ3v) is 2.76. The highest BCUT2D eigenvalue weighted by molar-refractivity contribution is 5.39. The van der Waals surface area contributed by atoms with Crippen molar-refractivity contribution in [3.05, 3.63) is 29.3 Å². The molecule has 0 radical (unpaired) electrons. The molecule has 0 heterocycles. The van der Waals surface area contributed by atoms with E-state index < -0.39 is 6.10 Å². The molecule has 1 aromatic rings. The Hall–Kier alpha value is -1.10. The molecule has 4 heteroatoms. The molecule has 0 aliphatic carbocycles. The van der Waals surface area contributed by atoms with Crippen molar-refractivity contribution >= 4 is 0 Å². The van der Waals surface area contributed by atoms with Gasteiger partial charge in [-0.25, -0.2) is 0 Å². The van der Waals surface area contributed by atoms with Crippen molar-refractivity contribution in [3.63, 3.8) is 0 Å². The van der Waals surface area contributed by atoms with Crippen LogP contribution in [0.4, 0.5) is 0 Å². The van der Waals surface area contributed by atoms with E-state index in [1.807, 2.05) is 32.0 Å². The average Bonchev–Trinajstić information content (AvgIpc) is 2.34. The molecule has 0 aliphatic heterocycles. The summed E-state index contributed by atoms with van der Waals surface area (Å²) >= 11 is 0. The van der Waals surface area contributed by atoms with Gasteiger partial charge in [0.05, 0.1) is 19.8 Å². The van der Waals surface area contributed by atoms with E-state index in [0.717, 1.165) is 11.1 Å². The van der Waals surface area contributed by atoms with Gasteiger partial charge in [0.25, 0.3) is 0 Å². The van der Waals surface area contributed by atoms with Crippen LogP contribution in [0.5, 0.6) is 5.75 Å². The molecule has 2 unspecified atom stereocenters. The van der Waals surface area contributed by atoms with Gasteiger partial charge in [-0.05, 0) is 26.0 Å². The molecule has 17 heavy (non-hydrogen) atoms. The predicted octanol–water partition coefficient (Wildman–Crippen LogP) is 1.01. The number of aliphatic hydroxyl groups is 2. The molecule has 96 valence electrons. The smallest absolute Gasteiger partial charge is 0.124 e. The zero-order chi connectivity index (χ0) is 12.8. The van der Waals surface area contributed by atoms with Crippen LogP contribution in [0, 0.1) is 6.92 Å². The summed E-state index contributed by atoms with van der Waals surface area (Å²) in [4.78, 5) is 0. The van der Waals surface area contributed by atoms with Crippen LogP contribution >= 0.6 is 0 Å². The van der Waals surface area contributed by atoms with Crippen molar-refractivity contribution in [2.45, 2.75) is 26.0 Å². The van der Waals surface area contributed by atoms with E-state index in [9.17, 15) is 5.11 Å². The zero-order valence-corrected chi connectivity index (χ0v) is 10.6. The maximum absolute atomic E-state index is 10.2. The van der Waals surface area contributed by atoms with Gasteiger partial charge in [0.15, 0.2) is 0 Å². The number of benzene rings is 1. The van der Waals surface area contributed by atoms with Gasteiger partial charge >= 0.3 is 0 Å². The van der Waals surface area contributed by atoms with Crippen LogP contribution in [0.2, 0.25) is 0 Å². The van der Waals surface area contributed by atoms with Gasteiger partial charge in [-0.3, -0.25) is 0 Å². The Morgan fingerprint density at radius 3 is 2.71 bits per heavy atom. The number of nitrogens with one attached hydrogen (secondary N) is 1. The molecule has 1 aromatic carbocycles. The minimum atomic E-state index is -0.656. The van der Waals surface area contributed by atoms with Crippen LogP contribution in [0.15, 0.2) is 18.2 Å². The lowest BCUT2D eigenvalue weighted by atomic mass is 10.0. The quantitative estimate of drug-likeness (QED) is 0.693. The number of methoxy groups -OCH3 is 1. The second kappa shape index (κ2) is 6.59. The molecule has 0 spiro atoms. The molecule has 0 bridgehead atoms. The lowest BCUT2D eigenvalue weighted by Gasteiger charge is -2.22. The normalized spacial score (nSPS) is 14.4. The SMILES string of the molecule is COc1ccc(C)cc1C(O)C(C)NCCO. The van der Waals surface area contributed by atoms with Crippen LogP contribution in [0.1, 0.15) is 24.2 Å². The largest absolute Gasteiger partial charge is 0.496 e. The highest BCUT2D eigenvalue weighted by Gasteiger charge is 2.19. The van der Waals surface area contributed by atoms with Crippen LogP contribution in [-0.2, 0) is 0 Å². The first kappa shape index (κ1) is 14.0. The van der Waals surface area contributed by atoms with E-state index in [0.29, 0.717) is 12.3 Å². The summed E-state index contributed by atoms with van der Waals surface area (Å²) in [6, 6.07) is 5.58. The number of aliphatic hydroxyl groups excluding tert-OH is 2. The van der Waals surface area contributed by atoms with E-state index in [4.69, 9.17) is 9.84 Å². The van der Waals surface area contributed by atoms with Gasteiger partial charge in [0.1, 0.15) is 5.75 Å². The highest BCUT2D eigenvalue weighted by Crippen LogP contribution is 2.28. The maximum atomic E-state index is 10.2. The summed E-state index contributed by atoms with van der Waals surface area (Å²) in [5.74, 6) is 0.681. The Bertz CT molecular complexity index is 355. The fraction of sp³-hybridized carbons (Fsp3) is 0.538. The first-order chi connectivity index (χ1) is 8.10. The first-order valence-corrected chi connectivity index (χ1v) is 5.77. The molecular formula is C13H21NO3. The molecule has 0 saturated heterocycles. The molecule has 0 aliphatic rings. The Morgan fingerprint density at radius 2 is 2.12 bits per heavy atom. The minimum Gasteiger partial charge on any atom is -0.496 e. The van der Waals surface area contributed by atoms with Crippen LogP contribution < -0.4 is 10.1 Å². The number of hydrogen-bond acceptors (Lipinski definition) is 4. The fourth-order valence-electron chi connectivity index (χ4n) is 1.76. The van der Waals surface area contributed by atoms with Crippen LogP contribution in [-0.4, -0.2) is 36.5 Å². The lowest BCUT2D eigenvalue weighted by molar-refractivity contribution is 0.129. The highest BCUT2D eigenvalue weighted by atomic mass is 16.5. The van der Waals surface area contributed by atoms with Crippen LogP contribution in [0.25, 0.3) is 0 Å². The van der Waals surface area contributed by atoms with Gasteiger partial charge < -0.3 is 20.3 Å². The summed E-state index contributed by atoms with van der Waals surface area (Å²) in [6.45, 7) is 4.37. The van der Waals surface area contributed by atoms with Gasteiger partial charge in [-0.15, -0.1) is 0 Å². The summed E-state index contributed by atoms with van der Waals surface area (Å²) < 4.78 is 5.24. The summed E-state index contributed by atoms with van der Waals surface area (Å²) in [7, 11) is 1.59. The van der Waals surface area contributed by atoms with Crippen molar-refractivity contribution in [2.75, 3.05) is 20.3 Å². The summed E-state index contributed by atoms with van der Waals surface area (Å²) in [5.41, 5.74) is 1.85. The van der Waals surface area contributed by atoms with Crippen molar-refractivity contribution in [3.8, 4) is 5.75 Å². The van der Waals surface area contributed by atoms with E-state index in [-0.39, 0.29) is 12.6 Å². The molecular weight excluding hydrogens is 218 g/mol.